The molecule has 1 N–H and O–H groups in total. The molecule has 1 aromatic carbocycles. The molecule has 0 aliphatic carbocycles. The smallest absolute Gasteiger partial charge is 0.318 e. The van der Waals surface area contributed by atoms with E-state index in [1.54, 1.807) is 19.5 Å². The third-order valence-electron chi connectivity index (χ3n) is 5.68. The first-order valence-electron chi connectivity index (χ1n) is 9.42. The number of hydrogen-bond acceptors (Lipinski definition) is 4. The molecule has 4 rings (SSSR count). The van der Waals surface area contributed by atoms with Crippen molar-refractivity contribution >= 4 is 6.03 Å². The summed E-state index contributed by atoms with van der Waals surface area (Å²) in [5.74, 6) is 0.792. The predicted molar refractivity (Wildman–Crippen MR) is 102 cm³/mol. The van der Waals surface area contributed by atoms with Gasteiger partial charge in [-0.2, -0.15) is 0 Å². The molecule has 6 nitrogen and oxygen atoms in total. The SMILES string of the molecule is COc1ccc([C@H](NC(=O)N2CCC3(CCO3)CC2)c2ccncc2)cc1. The second-order valence-corrected chi connectivity index (χ2v) is 7.20. The van der Waals surface area contributed by atoms with Crippen LogP contribution in [0.25, 0.3) is 0 Å². The lowest BCUT2D eigenvalue weighted by atomic mass is 9.84. The Bertz CT molecular complexity index is 765. The van der Waals surface area contributed by atoms with Gasteiger partial charge in [-0.1, -0.05) is 12.1 Å². The summed E-state index contributed by atoms with van der Waals surface area (Å²) in [6, 6.07) is 11.4. The van der Waals surface area contributed by atoms with Crippen molar-refractivity contribution in [1.29, 1.82) is 0 Å². The molecule has 2 aliphatic rings. The highest BCUT2D eigenvalue weighted by Crippen LogP contribution is 2.36. The molecule has 2 aliphatic heterocycles. The Kier molecular flexibility index (Phi) is 4.99. The van der Waals surface area contributed by atoms with Gasteiger partial charge in [0.2, 0.25) is 0 Å². The van der Waals surface area contributed by atoms with Gasteiger partial charge in [-0.25, -0.2) is 4.79 Å². The molecule has 27 heavy (non-hydrogen) atoms. The summed E-state index contributed by atoms with van der Waals surface area (Å²) >= 11 is 0. The maximum atomic E-state index is 12.9. The van der Waals surface area contributed by atoms with E-state index < -0.39 is 0 Å². The van der Waals surface area contributed by atoms with Crippen molar-refractivity contribution in [3.8, 4) is 5.75 Å². The standard InChI is InChI=1S/C21H25N3O3/c1-26-18-4-2-16(3-5-18)19(17-6-11-22-12-7-17)23-20(25)24-13-8-21(9-14-24)10-15-27-21/h2-7,11-12,19H,8-10,13-15H2,1H3,(H,23,25)/t19-/m0/s1. The molecule has 0 bridgehead atoms. The van der Waals surface area contributed by atoms with E-state index in [0.29, 0.717) is 0 Å². The fourth-order valence-electron chi connectivity index (χ4n) is 3.83. The lowest BCUT2D eigenvalue weighted by molar-refractivity contribution is -0.169. The van der Waals surface area contributed by atoms with Gasteiger partial charge < -0.3 is 19.7 Å². The predicted octanol–water partition coefficient (Wildman–Crippen LogP) is 3.14. The fraction of sp³-hybridized carbons (Fsp3) is 0.429. The van der Waals surface area contributed by atoms with Gasteiger partial charge in [-0.05, 0) is 54.7 Å². The molecule has 2 fully saturated rings. The van der Waals surface area contributed by atoms with Crippen LogP contribution in [0.2, 0.25) is 0 Å². The second kappa shape index (κ2) is 7.56. The second-order valence-electron chi connectivity index (χ2n) is 7.20. The molecule has 0 saturated carbocycles. The van der Waals surface area contributed by atoms with Crippen LogP contribution < -0.4 is 10.1 Å². The molecule has 142 valence electrons. The Balaban J connectivity index is 1.49. The highest BCUT2D eigenvalue weighted by Gasteiger charge is 2.42. The van der Waals surface area contributed by atoms with Crippen molar-refractivity contribution < 1.29 is 14.3 Å². The number of likely N-dealkylation sites (tertiary alicyclic amines) is 1. The molecule has 2 aromatic rings. The monoisotopic (exact) mass is 367 g/mol. The van der Waals surface area contributed by atoms with E-state index in [9.17, 15) is 4.79 Å². The lowest BCUT2D eigenvalue weighted by Crippen LogP contribution is -2.55. The number of ether oxygens (including phenoxy) is 2. The van der Waals surface area contributed by atoms with Gasteiger partial charge in [-0.3, -0.25) is 4.98 Å². The van der Waals surface area contributed by atoms with Crippen molar-refractivity contribution in [1.82, 2.24) is 15.2 Å². The van der Waals surface area contributed by atoms with Crippen molar-refractivity contribution in [3.63, 3.8) is 0 Å². The normalized spacial score (nSPS) is 19.2. The largest absolute Gasteiger partial charge is 0.497 e. The third-order valence-corrected chi connectivity index (χ3v) is 5.68. The van der Waals surface area contributed by atoms with E-state index >= 15 is 0 Å². The number of aromatic nitrogens is 1. The highest BCUT2D eigenvalue weighted by molar-refractivity contribution is 5.75. The van der Waals surface area contributed by atoms with Crippen molar-refractivity contribution in [2.45, 2.75) is 30.9 Å². The zero-order chi connectivity index (χ0) is 18.7. The Morgan fingerprint density at radius 2 is 1.74 bits per heavy atom. The molecule has 2 amide bonds. The minimum absolute atomic E-state index is 0.0390. The first kappa shape index (κ1) is 17.8. The highest BCUT2D eigenvalue weighted by atomic mass is 16.5. The topological polar surface area (TPSA) is 63.7 Å². The van der Waals surface area contributed by atoms with E-state index in [1.165, 1.54) is 0 Å². The van der Waals surface area contributed by atoms with Crippen molar-refractivity contribution in [2.75, 3.05) is 26.8 Å². The molecule has 0 unspecified atom stereocenters. The van der Waals surface area contributed by atoms with Gasteiger partial charge in [0.15, 0.2) is 0 Å². The number of carbonyl (C=O) groups excluding carboxylic acids is 1. The fourth-order valence-corrected chi connectivity index (χ4v) is 3.83. The van der Waals surface area contributed by atoms with E-state index in [4.69, 9.17) is 9.47 Å². The quantitative estimate of drug-likeness (QED) is 0.902. The summed E-state index contributed by atoms with van der Waals surface area (Å²) in [6.07, 6.45) is 6.45. The van der Waals surface area contributed by atoms with Crippen LogP contribution >= 0.6 is 0 Å². The first-order valence-corrected chi connectivity index (χ1v) is 9.42. The van der Waals surface area contributed by atoms with Gasteiger partial charge in [0.25, 0.3) is 0 Å². The van der Waals surface area contributed by atoms with Gasteiger partial charge in [-0.15, -0.1) is 0 Å². The molecule has 2 saturated heterocycles. The van der Waals surface area contributed by atoms with Gasteiger partial charge in [0, 0.05) is 25.5 Å². The molecule has 0 radical (unpaired) electrons. The number of urea groups is 1. The lowest BCUT2D eigenvalue weighted by Gasteiger charge is -2.47. The summed E-state index contributed by atoms with van der Waals surface area (Å²) in [5.41, 5.74) is 2.04. The minimum Gasteiger partial charge on any atom is -0.497 e. The van der Waals surface area contributed by atoms with E-state index in [0.717, 1.165) is 55.8 Å². The summed E-state index contributed by atoms with van der Waals surface area (Å²) in [5, 5.41) is 3.20. The average Bonchev–Trinajstić information content (AvgIpc) is 2.71. The van der Waals surface area contributed by atoms with Crippen LogP contribution in [0.3, 0.4) is 0 Å². The van der Waals surface area contributed by atoms with Crippen LogP contribution in [-0.4, -0.2) is 48.3 Å². The van der Waals surface area contributed by atoms with Crippen molar-refractivity contribution in [3.05, 3.63) is 59.9 Å². The molecular formula is C21H25N3O3. The molecule has 1 aromatic heterocycles. The van der Waals surface area contributed by atoms with Crippen LogP contribution in [0.4, 0.5) is 4.79 Å². The number of hydrogen-bond donors (Lipinski definition) is 1. The molecule has 6 heteroatoms. The van der Waals surface area contributed by atoms with Crippen LogP contribution in [-0.2, 0) is 4.74 Å². The maximum absolute atomic E-state index is 12.9. The Labute approximate surface area is 159 Å². The molecule has 1 atom stereocenters. The van der Waals surface area contributed by atoms with Gasteiger partial charge in [0.05, 0.1) is 25.4 Å². The summed E-state index contributed by atoms with van der Waals surface area (Å²) < 4.78 is 11.0. The Morgan fingerprint density at radius 1 is 1.11 bits per heavy atom. The summed E-state index contributed by atoms with van der Waals surface area (Å²) in [4.78, 5) is 18.9. The Hall–Kier alpha value is -2.60. The minimum atomic E-state index is -0.234. The van der Waals surface area contributed by atoms with Gasteiger partial charge >= 0.3 is 6.03 Å². The zero-order valence-corrected chi connectivity index (χ0v) is 15.6. The maximum Gasteiger partial charge on any atom is 0.318 e. The molecule has 1 spiro atoms. The number of nitrogens with one attached hydrogen (secondary N) is 1. The first-order chi connectivity index (χ1) is 13.2. The number of piperidine rings is 1. The zero-order valence-electron chi connectivity index (χ0n) is 15.6. The number of rotatable bonds is 4. The van der Waals surface area contributed by atoms with E-state index in [-0.39, 0.29) is 17.7 Å². The molecule has 3 heterocycles. The number of amides is 2. The van der Waals surface area contributed by atoms with Crippen LogP contribution in [0.5, 0.6) is 5.75 Å². The third kappa shape index (κ3) is 3.76. The summed E-state index contributed by atoms with van der Waals surface area (Å²) in [7, 11) is 1.64. The number of carbonyl (C=O) groups is 1. The van der Waals surface area contributed by atoms with Crippen LogP contribution in [0.15, 0.2) is 48.8 Å². The van der Waals surface area contributed by atoms with E-state index in [1.807, 2.05) is 41.3 Å². The number of methoxy groups -OCH3 is 1. The van der Waals surface area contributed by atoms with E-state index in [2.05, 4.69) is 10.3 Å². The number of benzene rings is 1. The molecular weight excluding hydrogens is 342 g/mol. The van der Waals surface area contributed by atoms with Crippen molar-refractivity contribution in [2.24, 2.45) is 0 Å². The van der Waals surface area contributed by atoms with Crippen LogP contribution in [0.1, 0.15) is 36.4 Å². The number of pyridine rings is 1. The van der Waals surface area contributed by atoms with Gasteiger partial charge in [0.1, 0.15) is 5.75 Å². The van der Waals surface area contributed by atoms with Crippen LogP contribution in [0, 0.1) is 0 Å². The average molecular weight is 367 g/mol. The Morgan fingerprint density at radius 3 is 2.30 bits per heavy atom. The summed E-state index contributed by atoms with van der Waals surface area (Å²) in [6.45, 7) is 2.32. The number of nitrogens with zero attached hydrogens (tertiary/aromatic N) is 2.